The van der Waals surface area contributed by atoms with Crippen LogP contribution in [0.1, 0.15) is 62.5 Å². The summed E-state index contributed by atoms with van der Waals surface area (Å²) in [5.41, 5.74) is 4.95. The highest BCUT2D eigenvalue weighted by atomic mass is 16.2. The van der Waals surface area contributed by atoms with Crippen LogP contribution in [-0.4, -0.2) is 40.2 Å². The monoisotopic (exact) mass is 394 g/mol. The van der Waals surface area contributed by atoms with Crippen LogP contribution in [0.25, 0.3) is 11.3 Å². The van der Waals surface area contributed by atoms with Gasteiger partial charge in [0.05, 0.1) is 5.69 Å². The van der Waals surface area contributed by atoms with E-state index in [0.29, 0.717) is 18.2 Å². The maximum atomic E-state index is 11.9. The SMILES string of the molecule is CCN1C[C@H](CNCc2cn(C)nc2-c2ccc(C3CCCCC3)cc2)CC1=O. The standard InChI is InChI=1S/C24H34N4O/c1-3-28-16-18(13-23(28)29)14-25-15-22-17-27(2)26-24(22)21-11-9-20(10-12-21)19-7-5-4-6-8-19/h9-12,17-19,25H,3-8,13-16H2,1-2H3/t18-/m0/s1. The lowest BCUT2D eigenvalue weighted by molar-refractivity contribution is -0.127. The van der Waals surface area contributed by atoms with E-state index < -0.39 is 0 Å². The Morgan fingerprint density at radius 1 is 1.14 bits per heavy atom. The predicted octanol–water partition coefficient (Wildman–Crippen LogP) is 4.09. The highest BCUT2D eigenvalue weighted by molar-refractivity contribution is 5.78. The van der Waals surface area contributed by atoms with Gasteiger partial charge in [-0.2, -0.15) is 5.10 Å². The fourth-order valence-corrected chi connectivity index (χ4v) is 4.97. The van der Waals surface area contributed by atoms with E-state index in [0.717, 1.165) is 37.8 Å². The Kier molecular flexibility index (Phi) is 6.34. The Bertz CT molecular complexity index is 820. The fraction of sp³-hybridized carbons (Fsp3) is 0.583. The number of likely N-dealkylation sites (tertiary alicyclic amines) is 1. The molecule has 5 nitrogen and oxygen atoms in total. The smallest absolute Gasteiger partial charge is 0.222 e. The third-order valence-electron chi connectivity index (χ3n) is 6.59. The molecule has 5 heteroatoms. The Morgan fingerprint density at radius 2 is 1.90 bits per heavy atom. The molecule has 0 unspecified atom stereocenters. The number of hydrogen-bond donors (Lipinski definition) is 1. The number of carbonyl (C=O) groups is 1. The summed E-state index contributed by atoms with van der Waals surface area (Å²) in [4.78, 5) is 13.9. The van der Waals surface area contributed by atoms with Gasteiger partial charge in [0.25, 0.3) is 0 Å². The summed E-state index contributed by atoms with van der Waals surface area (Å²) in [6.07, 6.45) is 9.56. The third-order valence-corrected chi connectivity index (χ3v) is 6.59. The van der Waals surface area contributed by atoms with Crippen molar-refractivity contribution in [3.63, 3.8) is 0 Å². The zero-order valence-electron chi connectivity index (χ0n) is 17.9. The highest BCUT2D eigenvalue weighted by Gasteiger charge is 2.27. The van der Waals surface area contributed by atoms with Crippen molar-refractivity contribution in [3.05, 3.63) is 41.6 Å². The number of aromatic nitrogens is 2. The summed E-state index contributed by atoms with van der Waals surface area (Å²) >= 11 is 0. The van der Waals surface area contributed by atoms with Gasteiger partial charge in [0, 0.05) is 57.0 Å². The first-order valence-electron chi connectivity index (χ1n) is 11.3. The number of hydrogen-bond acceptors (Lipinski definition) is 3. The Labute approximate surface area is 174 Å². The van der Waals surface area contributed by atoms with Gasteiger partial charge < -0.3 is 10.2 Å². The number of carbonyl (C=O) groups excluding carboxylic acids is 1. The largest absolute Gasteiger partial charge is 0.343 e. The number of rotatable bonds is 7. The molecule has 1 atom stereocenters. The normalized spacial score (nSPS) is 20.6. The average Bonchev–Trinajstić information content (AvgIpc) is 3.30. The van der Waals surface area contributed by atoms with Crippen molar-refractivity contribution >= 4 is 5.91 Å². The molecule has 1 saturated heterocycles. The van der Waals surface area contributed by atoms with E-state index in [1.807, 2.05) is 16.6 Å². The van der Waals surface area contributed by atoms with Crippen molar-refractivity contribution in [2.75, 3.05) is 19.6 Å². The minimum Gasteiger partial charge on any atom is -0.343 e. The molecule has 2 aromatic rings. The first-order chi connectivity index (χ1) is 14.1. The fourth-order valence-electron chi connectivity index (χ4n) is 4.97. The Hall–Kier alpha value is -2.14. The molecule has 1 aromatic carbocycles. The lowest BCUT2D eigenvalue weighted by atomic mass is 9.84. The molecule has 0 bridgehead atoms. The first kappa shape index (κ1) is 20.1. The average molecular weight is 395 g/mol. The van der Waals surface area contributed by atoms with Crippen LogP contribution >= 0.6 is 0 Å². The Balaban J connectivity index is 1.38. The van der Waals surface area contributed by atoms with Crippen molar-refractivity contribution < 1.29 is 4.79 Å². The molecule has 1 aliphatic carbocycles. The zero-order chi connectivity index (χ0) is 20.2. The Morgan fingerprint density at radius 3 is 2.59 bits per heavy atom. The number of amides is 1. The summed E-state index contributed by atoms with van der Waals surface area (Å²) in [5, 5.41) is 8.29. The summed E-state index contributed by atoms with van der Waals surface area (Å²) in [6.45, 7) is 5.40. The molecule has 1 aliphatic heterocycles. The second kappa shape index (κ2) is 9.12. The summed E-state index contributed by atoms with van der Waals surface area (Å²) < 4.78 is 1.90. The van der Waals surface area contributed by atoms with Crippen LogP contribution in [0.4, 0.5) is 0 Å². The minimum absolute atomic E-state index is 0.291. The maximum Gasteiger partial charge on any atom is 0.222 e. The van der Waals surface area contributed by atoms with E-state index in [9.17, 15) is 4.79 Å². The minimum atomic E-state index is 0.291. The predicted molar refractivity (Wildman–Crippen MR) is 117 cm³/mol. The van der Waals surface area contributed by atoms with Crippen LogP contribution in [0, 0.1) is 5.92 Å². The van der Waals surface area contributed by atoms with Crippen LogP contribution in [0.15, 0.2) is 30.5 Å². The van der Waals surface area contributed by atoms with Crippen molar-refractivity contribution in [1.82, 2.24) is 20.0 Å². The molecule has 0 radical (unpaired) electrons. The van der Waals surface area contributed by atoms with Crippen LogP contribution in [0.2, 0.25) is 0 Å². The lowest BCUT2D eigenvalue weighted by Gasteiger charge is -2.22. The highest BCUT2D eigenvalue weighted by Crippen LogP contribution is 2.33. The second-order valence-corrected chi connectivity index (χ2v) is 8.77. The van der Waals surface area contributed by atoms with E-state index in [1.165, 1.54) is 48.8 Å². The number of benzene rings is 1. The van der Waals surface area contributed by atoms with Gasteiger partial charge in [0.1, 0.15) is 0 Å². The van der Waals surface area contributed by atoms with Gasteiger partial charge in [0.2, 0.25) is 5.91 Å². The molecule has 1 N–H and O–H groups in total. The van der Waals surface area contributed by atoms with Gasteiger partial charge in [-0.25, -0.2) is 0 Å². The van der Waals surface area contributed by atoms with Crippen LogP contribution < -0.4 is 5.32 Å². The molecule has 2 heterocycles. The van der Waals surface area contributed by atoms with E-state index in [1.54, 1.807) is 0 Å². The van der Waals surface area contributed by atoms with Crippen LogP contribution in [0.5, 0.6) is 0 Å². The van der Waals surface area contributed by atoms with Crippen molar-refractivity contribution in [3.8, 4) is 11.3 Å². The third kappa shape index (κ3) is 4.72. The molecule has 2 aliphatic rings. The molecule has 0 spiro atoms. The topological polar surface area (TPSA) is 50.2 Å². The summed E-state index contributed by atoms with van der Waals surface area (Å²) in [7, 11) is 1.98. The van der Waals surface area contributed by atoms with E-state index in [2.05, 4.69) is 42.7 Å². The van der Waals surface area contributed by atoms with Gasteiger partial charge in [-0.3, -0.25) is 9.48 Å². The van der Waals surface area contributed by atoms with Gasteiger partial charge in [-0.05, 0) is 37.2 Å². The van der Waals surface area contributed by atoms with E-state index in [4.69, 9.17) is 5.10 Å². The molecule has 1 amide bonds. The molecule has 2 fully saturated rings. The van der Waals surface area contributed by atoms with Crippen LogP contribution in [0.3, 0.4) is 0 Å². The maximum absolute atomic E-state index is 11.9. The molecular formula is C24H34N4O. The lowest BCUT2D eigenvalue weighted by Crippen LogP contribution is -2.27. The van der Waals surface area contributed by atoms with Gasteiger partial charge >= 0.3 is 0 Å². The van der Waals surface area contributed by atoms with Gasteiger partial charge in [-0.15, -0.1) is 0 Å². The van der Waals surface area contributed by atoms with E-state index in [-0.39, 0.29) is 0 Å². The second-order valence-electron chi connectivity index (χ2n) is 8.77. The number of nitrogens with zero attached hydrogens (tertiary/aromatic N) is 3. The van der Waals surface area contributed by atoms with Crippen molar-refractivity contribution in [2.45, 2.75) is 57.9 Å². The van der Waals surface area contributed by atoms with E-state index >= 15 is 0 Å². The molecule has 4 rings (SSSR count). The molecular weight excluding hydrogens is 360 g/mol. The molecule has 29 heavy (non-hydrogen) atoms. The van der Waals surface area contributed by atoms with Gasteiger partial charge in [0.15, 0.2) is 0 Å². The molecule has 156 valence electrons. The molecule has 1 aromatic heterocycles. The zero-order valence-corrected chi connectivity index (χ0v) is 17.9. The number of nitrogens with one attached hydrogen (secondary N) is 1. The summed E-state index contributed by atoms with van der Waals surface area (Å²) in [6, 6.07) is 9.09. The van der Waals surface area contributed by atoms with Crippen molar-refractivity contribution in [1.29, 1.82) is 0 Å². The quantitative estimate of drug-likeness (QED) is 0.769. The van der Waals surface area contributed by atoms with Gasteiger partial charge in [-0.1, -0.05) is 43.5 Å². The first-order valence-corrected chi connectivity index (χ1v) is 11.3. The number of aryl methyl sites for hydroxylation is 1. The van der Waals surface area contributed by atoms with Crippen LogP contribution in [-0.2, 0) is 18.4 Å². The van der Waals surface area contributed by atoms with Crippen molar-refractivity contribution in [2.24, 2.45) is 13.0 Å². The molecule has 1 saturated carbocycles. The summed E-state index contributed by atoms with van der Waals surface area (Å²) in [5.74, 6) is 1.44.